The van der Waals surface area contributed by atoms with Gasteiger partial charge in [-0.2, -0.15) is 0 Å². The molecule has 0 bridgehead atoms. The van der Waals surface area contributed by atoms with Gasteiger partial charge in [-0.1, -0.05) is 106 Å². The second-order valence-electron chi connectivity index (χ2n) is 26.5. The van der Waals surface area contributed by atoms with Gasteiger partial charge in [-0.15, -0.1) is 5.10 Å². The number of aromatic hydroxyl groups is 1. The van der Waals surface area contributed by atoms with Crippen LogP contribution in [0.1, 0.15) is 108 Å². The monoisotopic (exact) mass is 1420 g/mol. The summed E-state index contributed by atoms with van der Waals surface area (Å²) in [5, 5.41) is 84.1. The quantitative estimate of drug-likeness (QED) is 0.0372. The molecule has 554 valence electrons. The van der Waals surface area contributed by atoms with Crippen LogP contribution in [0.5, 0.6) is 5.75 Å². The van der Waals surface area contributed by atoms with Crippen LogP contribution in [0, 0.1) is 11.8 Å². The van der Waals surface area contributed by atoms with E-state index in [1.165, 1.54) is 35.4 Å². The SMILES string of the molecule is CC(C)C[C@@H]1NC(=O)[C@H](CCCN)NC(=O)[C@H](C(C)C)NC(=O)[C@H](Cc2ccc(O)cc2)NC(=O)[C@H](CCC(N)=O)NC(=O)[C@H](CC(N)=O)NC(=O)[C@@H](Cc2ccccc2)NC(=O)[C@H](Cc2cn([C@@H]3O[C@H](CO)[C@@H](O)[C@H](O)[C@H]3O)nn2)NC(=O)[C@@H]2CCCN2C(=O)[C@@H](Cc2ccccc2)NC1=O. The van der Waals surface area contributed by atoms with Crippen molar-refractivity contribution in [1.82, 2.24) is 67.7 Å². The third-order valence-electron chi connectivity index (χ3n) is 17.7. The van der Waals surface area contributed by atoms with E-state index in [-0.39, 0.29) is 81.8 Å². The lowest BCUT2D eigenvalue weighted by Crippen LogP contribution is -2.62. The molecule has 20 N–H and O–H groups in total. The number of benzene rings is 3. The van der Waals surface area contributed by atoms with Crippen molar-refractivity contribution < 1.29 is 87.8 Å². The van der Waals surface area contributed by atoms with Gasteiger partial charge in [-0.3, -0.25) is 57.5 Å². The van der Waals surface area contributed by atoms with E-state index in [0.717, 1.165) is 4.68 Å². The zero-order valence-electron chi connectivity index (χ0n) is 57.1. The molecule has 3 saturated heterocycles. The Morgan fingerprint density at radius 3 is 1.60 bits per heavy atom. The third-order valence-corrected chi connectivity index (χ3v) is 17.7. The van der Waals surface area contributed by atoms with Crippen LogP contribution < -0.4 is 65.1 Å². The van der Waals surface area contributed by atoms with Crippen molar-refractivity contribution in [2.24, 2.45) is 29.0 Å². The summed E-state index contributed by atoms with van der Waals surface area (Å²) in [6, 6.07) is 6.38. The first-order chi connectivity index (χ1) is 48.5. The number of aliphatic hydroxyl groups is 4. The number of rotatable bonds is 21. The number of nitrogens with zero attached hydrogens (tertiary/aromatic N) is 4. The highest BCUT2D eigenvalue weighted by atomic mass is 16.6. The molecule has 3 aromatic carbocycles. The van der Waals surface area contributed by atoms with E-state index in [0.29, 0.717) is 16.7 Å². The summed E-state index contributed by atoms with van der Waals surface area (Å²) < 4.78 is 6.61. The molecule has 3 aliphatic rings. The number of carbonyl (C=O) groups is 12. The summed E-state index contributed by atoms with van der Waals surface area (Å²) in [6.45, 7) is 5.98. The number of aromatic nitrogens is 3. The highest BCUT2D eigenvalue weighted by molar-refractivity contribution is 6.01. The van der Waals surface area contributed by atoms with E-state index >= 15 is 14.4 Å². The Balaban J connectivity index is 1.34. The van der Waals surface area contributed by atoms with Gasteiger partial charge >= 0.3 is 0 Å². The Kier molecular flexibility index (Phi) is 29.2. The van der Waals surface area contributed by atoms with E-state index in [1.807, 2.05) is 0 Å². The number of ether oxygens (including phenoxy) is 1. The second-order valence-corrected chi connectivity index (χ2v) is 26.5. The van der Waals surface area contributed by atoms with Crippen LogP contribution in [0.4, 0.5) is 0 Å². The van der Waals surface area contributed by atoms with Crippen molar-refractivity contribution in [2.45, 2.75) is 196 Å². The zero-order valence-corrected chi connectivity index (χ0v) is 57.1. The van der Waals surface area contributed by atoms with Gasteiger partial charge in [0.1, 0.15) is 90.6 Å². The zero-order chi connectivity index (χ0) is 74.5. The number of aliphatic hydroxyl groups excluding tert-OH is 4. The minimum absolute atomic E-state index is 0.00353. The molecular weight excluding hydrogens is 1330 g/mol. The van der Waals surface area contributed by atoms with Crippen LogP contribution in [-0.4, -0.2) is 221 Å². The van der Waals surface area contributed by atoms with E-state index in [4.69, 9.17) is 21.9 Å². The first kappa shape index (κ1) is 79.3. The average Bonchev–Trinajstić information content (AvgIpc) is 1.41. The van der Waals surface area contributed by atoms with E-state index in [2.05, 4.69) is 58.2 Å². The minimum atomic E-state index is -1.96. The fourth-order valence-corrected chi connectivity index (χ4v) is 12.2. The third kappa shape index (κ3) is 22.5. The van der Waals surface area contributed by atoms with Crippen molar-refractivity contribution in [1.29, 1.82) is 0 Å². The average molecular weight is 1420 g/mol. The number of amides is 12. The van der Waals surface area contributed by atoms with Crippen molar-refractivity contribution in [2.75, 3.05) is 19.7 Å². The molecule has 102 heavy (non-hydrogen) atoms. The fraction of sp³-hybridized carbons (Fsp3) is 0.529. The summed E-state index contributed by atoms with van der Waals surface area (Å²) in [4.78, 5) is 175. The lowest BCUT2D eigenvalue weighted by molar-refractivity contribution is -0.254. The van der Waals surface area contributed by atoms with Crippen LogP contribution in [0.15, 0.2) is 91.1 Å². The van der Waals surface area contributed by atoms with E-state index in [9.17, 15) is 68.7 Å². The van der Waals surface area contributed by atoms with Gasteiger partial charge < -0.3 is 100 Å². The predicted molar refractivity (Wildman–Crippen MR) is 362 cm³/mol. The number of hydrogen-bond acceptors (Lipinski definition) is 21. The number of hydrogen-bond donors (Lipinski definition) is 17. The van der Waals surface area contributed by atoms with Gasteiger partial charge in [0.2, 0.25) is 70.9 Å². The molecule has 0 radical (unpaired) electrons. The van der Waals surface area contributed by atoms with Crippen LogP contribution in [-0.2, 0) is 88.0 Å². The minimum Gasteiger partial charge on any atom is -0.508 e. The van der Waals surface area contributed by atoms with Crippen LogP contribution in [0.3, 0.4) is 0 Å². The molecule has 3 fully saturated rings. The largest absolute Gasteiger partial charge is 0.508 e. The van der Waals surface area contributed by atoms with Crippen LogP contribution in [0.25, 0.3) is 0 Å². The smallest absolute Gasteiger partial charge is 0.246 e. The first-order valence-electron chi connectivity index (χ1n) is 33.9. The van der Waals surface area contributed by atoms with Crippen LogP contribution in [0.2, 0.25) is 0 Å². The number of fused-ring (bicyclic) bond motifs is 1. The van der Waals surface area contributed by atoms with Crippen molar-refractivity contribution in [3.63, 3.8) is 0 Å². The number of carbonyl (C=O) groups excluding carboxylic acids is 12. The highest BCUT2D eigenvalue weighted by Crippen LogP contribution is 2.29. The molecule has 0 spiro atoms. The molecule has 3 aliphatic heterocycles. The molecular formula is C68H94N16O18. The van der Waals surface area contributed by atoms with E-state index < -0.39 is 200 Å². The van der Waals surface area contributed by atoms with Gasteiger partial charge in [0.25, 0.3) is 0 Å². The van der Waals surface area contributed by atoms with Crippen LogP contribution >= 0.6 is 0 Å². The summed E-state index contributed by atoms with van der Waals surface area (Å²) in [6.07, 6.45) is -10.3. The molecule has 0 unspecified atom stereocenters. The van der Waals surface area contributed by atoms with E-state index in [1.54, 1.807) is 88.4 Å². The number of nitrogens with two attached hydrogens (primary N) is 3. The molecule has 4 aromatic rings. The fourth-order valence-electron chi connectivity index (χ4n) is 12.2. The maximum Gasteiger partial charge on any atom is 0.246 e. The lowest BCUT2D eigenvalue weighted by atomic mass is 9.98. The Bertz CT molecular complexity index is 3570. The molecule has 1 aromatic heterocycles. The number of phenols is 1. The summed E-state index contributed by atoms with van der Waals surface area (Å²) in [5.74, 6) is -13.0. The lowest BCUT2D eigenvalue weighted by Gasteiger charge is -2.39. The molecule has 34 nitrogen and oxygen atoms in total. The molecule has 7 rings (SSSR count). The molecule has 34 heteroatoms. The summed E-state index contributed by atoms with van der Waals surface area (Å²) in [7, 11) is 0. The predicted octanol–water partition coefficient (Wildman–Crippen LogP) is -4.82. The van der Waals surface area contributed by atoms with Gasteiger partial charge in [-0.05, 0) is 85.7 Å². The first-order valence-corrected chi connectivity index (χ1v) is 33.9. The summed E-state index contributed by atoms with van der Waals surface area (Å²) in [5.41, 5.74) is 18.4. The standard InChI is InChI=1S/C68H94N16O18/c1-35(2)27-44-60(94)79-49(30-38-15-9-6-10-16-38)67(101)83-26-12-18-50(83)65(99)78-47(31-40-33-84(82-81-40)68-57(91)56(90)55(89)51(34-85)102-68)62(96)76-45(28-37-13-7-5-8-14-37)61(95)77-48(32-53(71)88)63(97)72-43(23-24-52(70)87)59(93)75-46(29-39-19-21-41(86)22-20-39)64(98)80-54(36(3)4)66(100)73-42(17-11-25-69)58(92)74-44/h5-10,13-16,19-22,33,35-36,42-51,54-57,68,85-86,89-91H,11-12,17-18,23-32,34,69H2,1-4H3,(H2,70,87)(H2,71,88)(H,72,97)(H,73,100)(H,74,92)(H,75,93)(H,76,96)(H,77,95)(H,78,99)(H,79,94)(H,80,98)/t42-,43-,44-,45+,46-,47-,48-,49+,50-,51+,54-,55+,56-,57+,68+/m0/s1. The summed E-state index contributed by atoms with van der Waals surface area (Å²) >= 11 is 0. The highest BCUT2D eigenvalue weighted by Gasteiger charge is 2.46. The van der Waals surface area contributed by atoms with Gasteiger partial charge in [0.15, 0.2) is 6.23 Å². The Morgan fingerprint density at radius 2 is 1.04 bits per heavy atom. The van der Waals surface area contributed by atoms with Crippen molar-refractivity contribution in [3.05, 3.63) is 114 Å². The number of nitrogens with one attached hydrogen (secondary N) is 9. The molecule has 0 aliphatic carbocycles. The van der Waals surface area contributed by atoms with Crippen molar-refractivity contribution >= 4 is 70.9 Å². The Hall–Kier alpha value is -10.0. The maximum atomic E-state index is 15.3. The number of phenolic OH excluding ortho intramolecular Hbond substituents is 1. The maximum absolute atomic E-state index is 15.3. The molecule has 0 saturated carbocycles. The Morgan fingerprint density at radius 1 is 0.559 bits per heavy atom. The molecule has 4 heterocycles. The molecule has 15 atom stereocenters. The molecule has 12 amide bonds. The topological polar surface area (TPSA) is 536 Å². The van der Waals surface area contributed by atoms with Gasteiger partial charge in [0, 0.05) is 38.6 Å². The normalized spacial score (nSPS) is 27.4. The van der Waals surface area contributed by atoms with Gasteiger partial charge in [-0.25, -0.2) is 4.68 Å². The van der Waals surface area contributed by atoms with Crippen molar-refractivity contribution in [3.8, 4) is 5.75 Å². The van der Waals surface area contributed by atoms with Gasteiger partial charge in [0.05, 0.1) is 24.9 Å². The number of primary amides is 2. The Labute approximate surface area is 588 Å². The second kappa shape index (κ2) is 37.6.